The van der Waals surface area contributed by atoms with Gasteiger partial charge in [-0.2, -0.15) is 0 Å². The van der Waals surface area contributed by atoms with Crippen molar-refractivity contribution in [3.63, 3.8) is 0 Å². The van der Waals surface area contributed by atoms with Gasteiger partial charge in [0.2, 0.25) is 0 Å². The third kappa shape index (κ3) is 16.4. The van der Waals surface area contributed by atoms with Crippen LogP contribution in [0.5, 0.6) is 0 Å². The number of aromatic nitrogens is 6. The van der Waals surface area contributed by atoms with E-state index in [0.29, 0.717) is 60.5 Å². The first-order valence-electron chi connectivity index (χ1n) is 21.7. The summed E-state index contributed by atoms with van der Waals surface area (Å²) in [5.74, 6) is 12.1. The van der Waals surface area contributed by atoms with Crippen LogP contribution in [0.2, 0.25) is 5.02 Å². The van der Waals surface area contributed by atoms with Gasteiger partial charge in [0, 0.05) is 72.4 Å². The highest BCUT2D eigenvalue weighted by Crippen LogP contribution is 2.33. The minimum Gasteiger partial charge on any atom is -0.352 e. The molecule has 0 saturated carbocycles. The normalized spacial score (nSPS) is 12.8. The van der Waals surface area contributed by atoms with Crippen molar-refractivity contribution in [2.75, 3.05) is 78.3 Å². The highest BCUT2D eigenvalue weighted by atomic mass is 35.5. The van der Waals surface area contributed by atoms with E-state index in [1.165, 1.54) is 0 Å². The van der Waals surface area contributed by atoms with Crippen LogP contribution in [0.4, 0.5) is 11.6 Å². The zero-order valence-electron chi connectivity index (χ0n) is 39.7. The van der Waals surface area contributed by atoms with Crippen LogP contribution < -0.4 is 9.80 Å². The molecule has 0 aromatic carbocycles. The number of carbonyl (C=O) groups excluding carboxylic acids is 2. The molecule has 6 rings (SSSR count). The zero-order valence-corrected chi connectivity index (χ0v) is 40.4. The number of Topliss-reactive ketones (excluding diaryl/α,β-unsaturated/α-hetero) is 2. The molecule has 0 aliphatic heterocycles. The first-order valence-corrected chi connectivity index (χ1v) is 22.1. The lowest BCUT2D eigenvalue weighted by atomic mass is 9.90. The lowest BCUT2D eigenvalue weighted by Gasteiger charge is -2.23. The quantitative estimate of drug-likeness (QED) is 0.130. The number of carbonyl (C=O) groups is 2. The van der Waals surface area contributed by atoms with E-state index in [9.17, 15) is 9.59 Å². The van der Waals surface area contributed by atoms with E-state index in [0.717, 1.165) is 84.8 Å². The molecule has 0 unspecified atom stereocenters. The topological polar surface area (TPSA) is 124 Å². The summed E-state index contributed by atoms with van der Waals surface area (Å²) in [4.78, 5) is 60.9. The van der Waals surface area contributed by atoms with Gasteiger partial charge in [0.1, 0.15) is 23.0 Å². The van der Waals surface area contributed by atoms with Crippen molar-refractivity contribution in [2.24, 2.45) is 10.8 Å². The smallest absolute Gasteiger partial charge is 0.180 e. The predicted molar refractivity (Wildman–Crippen MR) is 257 cm³/mol. The largest absolute Gasteiger partial charge is 0.352 e. The molecule has 0 N–H and O–H groups in total. The Morgan fingerprint density at radius 2 is 1.13 bits per heavy atom. The summed E-state index contributed by atoms with van der Waals surface area (Å²) in [6, 6.07) is 7.34. The van der Waals surface area contributed by atoms with Crippen LogP contribution in [-0.4, -0.2) is 120 Å². The van der Waals surface area contributed by atoms with Crippen LogP contribution >= 0.6 is 11.6 Å². The average molecular weight is 876 g/mol. The summed E-state index contributed by atoms with van der Waals surface area (Å²) in [5.41, 5.74) is 6.67. The van der Waals surface area contributed by atoms with Crippen LogP contribution in [0.25, 0.3) is 23.0 Å². The Morgan fingerprint density at radius 3 is 1.54 bits per heavy atom. The Bertz CT molecular complexity index is 2310. The number of anilines is 2. The van der Waals surface area contributed by atoms with Gasteiger partial charge in [0.05, 0.1) is 26.2 Å². The Kier molecular flexibility index (Phi) is 18.3. The maximum Gasteiger partial charge on any atom is 0.180 e. The van der Waals surface area contributed by atoms with E-state index in [2.05, 4.69) is 69.3 Å². The molecule has 4 aromatic heterocycles. The van der Waals surface area contributed by atoms with Crippen LogP contribution in [0.15, 0.2) is 36.7 Å². The van der Waals surface area contributed by atoms with Crippen molar-refractivity contribution in [3.8, 4) is 47.2 Å². The second-order valence-corrected chi connectivity index (χ2v) is 19.8. The van der Waals surface area contributed by atoms with Crippen LogP contribution in [0.1, 0.15) is 95.3 Å². The van der Waals surface area contributed by atoms with Gasteiger partial charge in [-0.3, -0.25) is 29.4 Å². The number of terminal acetylenes is 1. The predicted octanol–water partition coefficient (Wildman–Crippen LogP) is 7.69. The minimum absolute atomic E-state index is 0.0125. The Hall–Kier alpha value is -5.27. The molecule has 0 fully saturated rings. The monoisotopic (exact) mass is 875 g/mol. The number of hydrogen-bond acceptors (Lipinski definition) is 12. The lowest BCUT2D eigenvalue weighted by molar-refractivity contribution is -0.120. The summed E-state index contributed by atoms with van der Waals surface area (Å²) in [6.07, 6.45) is 15.3. The number of nitrogens with zero attached hydrogens (tertiary/aromatic N) is 10. The van der Waals surface area contributed by atoms with Crippen LogP contribution in [0.3, 0.4) is 0 Å². The molecule has 13 heteroatoms. The summed E-state index contributed by atoms with van der Waals surface area (Å²) in [5, 5.41) is 0.606. The van der Waals surface area contributed by atoms with Gasteiger partial charge >= 0.3 is 0 Å². The number of likely N-dealkylation sites (N-methyl/N-ethyl adjacent to an activating group) is 2. The fraction of sp³-hybridized carbons (Fsp3) is 0.520. The number of pyridine rings is 2. The number of halogens is 1. The summed E-state index contributed by atoms with van der Waals surface area (Å²) < 4.78 is 0. The van der Waals surface area contributed by atoms with Crippen LogP contribution in [0, 0.1) is 35.0 Å². The van der Waals surface area contributed by atoms with E-state index < -0.39 is 0 Å². The molecule has 0 saturated heterocycles. The SMILES string of the molecule is C#CCN(C)C.CN(C)CC#Cc1ccnc(-c2nc3c(c(N(C)CC(=O)CC(C)(C)C)n2)CCC3)c1.CN(CC(=O)CC(C)(C)C)c1nc(-c2cc(Cl)ccn2)nc2c1CCC2. The van der Waals surface area contributed by atoms with Crippen molar-refractivity contribution in [1.29, 1.82) is 0 Å². The standard InChI is InChI=1S/C25H33N5O.C20H25ClN4O.C5H9N/c1-25(2,3)16-19(31)17-30(6)24-20-10-7-11-21(20)27-23(28-24)22-15-18(12-13-26-22)9-8-14-29(4)5;1-20(2,3)11-14(26)12-25(4)19-15-6-5-7-16(15)23-18(24-19)17-10-13(21)8-9-22-17;1-4-5-6(2)3/h12-13,15H,7,10-11,14,16-17H2,1-6H3;8-10H,5-7,11-12H2,1-4H3;1H,5H2,2-3H3. The molecule has 0 bridgehead atoms. The Morgan fingerprint density at radius 1 is 0.667 bits per heavy atom. The van der Waals surface area contributed by atoms with E-state index in [1.807, 2.05) is 74.0 Å². The van der Waals surface area contributed by atoms with Gasteiger partial charge in [-0.05, 0) is 102 Å². The lowest BCUT2D eigenvalue weighted by Crippen LogP contribution is -2.30. The maximum atomic E-state index is 12.6. The highest BCUT2D eigenvalue weighted by molar-refractivity contribution is 6.30. The van der Waals surface area contributed by atoms with Gasteiger partial charge in [-0.25, -0.2) is 19.9 Å². The number of aryl methyl sites for hydroxylation is 2. The molecular formula is C50H67ClN10O2. The first-order chi connectivity index (χ1) is 29.6. The maximum absolute atomic E-state index is 12.6. The number of ketones is 2. The van der Waals surface area contributed by atoms with Gasteiger partial charge in [0.25, 0.3) is 0 Å². The van der Waals surface area contributed by atoms with E-state index >= 15 is 0 Å². The van der Waals surface area contributed by atoms with Gasteiger partial charge in [0.15, 0.2) is 23.2 Å². The van der Waals surface area contributed by atoms with Crippen molar-refractivity contribution >= 4 is 34.8 Å². The second kappa shape index (κ2) is 22.9. The molecule has 0 radical (unpaired) electrons. The third-order valence-corrected chi connectivity index (χ3v) is 10.0. The van der Waals surface area contributed by atoms with E-state index in [1.54, 1.807) is 24.5 Å². The highest BCUT2D eigenvalue weighted by Gasteiger charge is 2.26. The van der Waals surface area contributed by atoms with Gasteiger partial charge in [-0.15, -0.1) is 6.42 Å². The molecule has 4 heterocycles. The van der Waals surface area contributed by atoms with Gasteiger partial charge < -0.3 is 9.80 Å². The average Bonchev–Trinajstić information content (AvgIpc) is 3.86. The molecule has 336 valence electrons. The zero-order chi connectivity index (χ0) is 46.5. The van der Waals surface area contributed by atoms with Crippen molar-refractivity contribution in [3.05, 3.63) is 69.8 Å². The summed E-state index contributed by atoms with van der Waals surface area (Å²) in [7, 11) is 11.8. The molecule has 2 aliphatic rings. The minimum atomic E-state index is -0.0192. The summed E-state index contributed by atoms with van der Waals surface area (Å²) >= 11 is 6.09. The molecule has 0 amide bonds. The molecule has 12 nitrogen and oxygen atoms in total. The molecule has 2 aliphatic carbocycles. The first kappa shape index (κ1) is 50.4. The molecule has 0 spiro atoms. The Labute approximate surface area is 381 Å². The number of hydrogen-bond donors (Lipinski definition) is 0. The third-order valence-electron chi connectivity index (χ3n) is 9.80. The molecule has 0 atom stereocenters. The van der Waals surface area contributed by atoms with E-state index in [-0.39, 0.29) is 22.4 Å². The number of rotatable bonds is 12. The van der Waals surface area contributed by atoms with Crippen molar-refractivity contribution < 1.29 is 9.59 Å². The van der Waals surface area contributed by atoms with Crippen molar-refractivity contribution in [2.45, 2.75) is 92.9 Å². The fourth-order valence-electron chi connectivity index (χ4n) is 7.30. The van der Waals surface area contributed by atoms with E-state index in [4.69, 9.17) is 38.0 Å². The van der Waals surface area contributed by atoms with Gasteiger partial charge in [-0.1, -0.05) is 70.9 Å². The number of fused-ring (bicyclic) bond motifs is 2. The van der Waals surface area contributed by atoms with Crippen molar-refractivity contribution in [1.82, 2.24) is 39.7 Å². The summed E-state index contributed by atoms with van der Waals surface area (Å²) in [6.45, 7) is 14.6. The second-order valence-electron chi connectivity index (χ2n) is 19.3. The molecule has 63 heavy (non-hydrogen) atoms. The molecule has 4 aromatic rings. The fourth-order valence-corrected chi connectivity index (χ4v) is 7.46. The molecular weight excluding hydrogens is 808 g/mol. The van der Waals surface area contributed by atoms with Crippen LogP contribution in [-0.2, 0) is 35.3 Å². The Balaban J connectivity index is 0.000000248.